The topological polar surface area (TPSA) is 44.3 Å². The van der Waals surface area contributed by atoms with Gasteiger partial charge in [-0.2, -0.15) is 0 Å². The first kappa shape index (κ1) is 14.2. The van der Waals surface area contributed by atoms with Gasteiger partial charge in [0.1, 0.15) is 0 Å². The Balaban J connectivity index is 2.18. The highest BCUT2D eigenvalue weighted by molar-refractivity contribution is 5.21. The first-order valence-electron chi connectivity index (χ1n) is 6.16. The van der Waals surface area contributed by atoms with Crippen LogP contribution in [0.2, 0.25) is 0 Å². The monoisotopic (exact) mass is 236 g/mol. The van der Waals surface area contributed by atoms with E-state index in [2.05, 4.69) is 43.5 Å². The third-order valence-electron chi connectivity index (χ3n) is 2.49. The zero-order chi connectivity index (χ0) is 12.7. The van der Waals surface area contributed by atoms with Crippen molar-refractivity contribution in [2.24, 2.45) is 0 Å². The number of rotatable bonds is 6. The van der Waals surface area contributed by atoms with Crippen molar-refractivity contribution in [3.8, 4) is 0 Å². The van der Waals surface area contributed by atoms with Crippen LogP contribution in [0.1, 0.15) is 31.9 Å². The first-order valence-corrected chi connectivity index (χ1v) is 6.16. The van der Waals surface area contributed by atoms with Crippen LogP contribution in [0.4, 0.5) is 0 Å². The molecule has 0 aliphatic rings. The molecule has 0 fully saturated rings. The van der Waals surface area contributed by atoms with Crippen molar-refractivity contribution in [1.29, 1.82) is 0 Å². The molecule has 0 heterocycles. The molecule has 0 aliphatic carbocycles. The van der Waals surface area contributed by atoms with E-state index in [1.54, 1.807) is 0 Å². The summed E-state index contributed by atoms with van der Waals surface area (Å²) in [6, 6.07) is 8.03. The van der Waals surface area contributed by atoms with Crippen LogP contribution in [0, 0.1) is 0 Å². The van der Waals surface area contributed by atoms with E-state index in [1.807, 2.05) is 12.1 Å². The fraction of sp³-hybridized carbons (Fsp3) is 0.571. The van der Waals surface area contributed by atoms with Crippen molar-refractivity contribution < 1.29 is 5.11 Å². The SMILES string of the molecule is CC(C)(C)NCCNCc1ccc(CO)cc1. The molecule has 3 heteroatoms. The van der Waals surface area contributed by atoms with Gasteiger partial charge in [-0.3, -0.25) is 0 Å². The molecule has 0 aromatic heterocycles. The minimum absolute atomic E-state index is 0.114. The molecule has 0 saturated carbocycles. The smallest absolute Gasteiger partial charge is 0.0681 e. The van der Waals surface area contributed by atoms with Crippen LogP contribution in [0.15, 0.2) is 24.3 Å². The molecular formula is C14H24N2O. The van der Waals surface area contributed by atoms with Gasteiger partial charge in [-0.15, -0.1) is 0 Å². The number of nitrogens with one attached hydrogen (secondary N) is 2. The second-order valence-electron chi connectivity index (χ2n) is 5.33. The lowest BCUT2D eigenvalue weighted by atomic mass is 10.1. The van der Waals surface area contributed by atoms with Crippen molar-refractivity contribution in [2.75, 3.05) is 13.1 Å². The molecule has 0 spiro atoms. The number of hydrogen-bond donors (Lipinski definition) is 3. The number of aliphatic hydroxyl groups excluding tert-OH is 1. The largest absolute Gasteiger partial charge is 0.392 e. The molecule has 3 N–H and O–H groups in total. The second kappa shape index (κ2) is 6.74. The highest BCUT2D eigenvalue weighted by Gasteiger charge is 2.06. The van der Waals surface area contributed by atoms with Crippen LogP contribution >= 0.6 is 0 Å². The molecule has 1 rings (SSSR count). The van der Waals surface area contributed by atoms with E-state index < -0.39 is 0 Å². The van der Waals surface area contributed by atoms with E-state index in [4.69, 9.17) is 5.11 Å². The van der Waals surface area contributed by atoms with Gasteiger partial charge in [-0.25, -0.2) is 0 Å². The van der Waals surface area contributed by atoms with Crippen molar-refractivity contribution in [1.82, 2.24) is 10.6 Å². The van der Waals surface area contributed by atoms with Crippen molar-refractivity contribution in [3.63, 3.8) is 0 Å². The minimum atomic E-state index is 0.114. The highest BCUT2D eigenvalue weighted by atomic mass is 16.3. The molecule has 17 heavy (non-hydrogen) atoms. The number of aliphatic hydroxyl groups is 1. The molecule has 0 atom stereocenters. The van der Waals surface area contributed by atoms with E-state index in [0.29, 0.717) is 0 Å². The predicted octanol–water partition coefficient (Wildman–Crippen LogP) is 1.66. The lowest BCUT2D eigenvalue weighted by Crippen LogP contribution is -2.40. The summed E-state index contributed by atoms with van der Waals surface area (Å²) in [4.78, 5) is 0. The van der Waals surface area contributed by atoms with Crippen LogP contribution in [-0.2, 0) is 13.2 Å². The Morgan fingerprint density at radius 3 is 2.12 bits per heavy atom. The highest BCUT2D eigenvalue weighted by Crippen LogP contribution is 2.03. The Kier molecular flexibility index (Phi) is 5.62. The standard InChI is InChI=1S/C14H24N2O/c1-14(2,3)16-9-8-15-10-12-4-6-13(11-17)7-5-12/h4-7,15-17H,8-11H2,1-3H3. The Morgan fingerprint density at radius 1 is 1.00 bits per heavy atom. The van der Waals surface area contributed by atoms with E-state index in [9.17, 15) is 0 Å². The van der Waals surface area contributed by atoms with Gasteiger partial charge >= 0.3 is 0 Å². The van der Waals surface area contributed by atoms with Crippen LogP contribution < -0.4 is 10.6 Å². The summed E-state index contributed by atoms with van der Waals surface area (Å²) in [6.45, 7) is 9.42. The predicted molar refractivity (Wildman–Crippen MR) is 71.8 cm³/mol. The lowest BCUT2D eigenvalue weighted by molar-refractivity contribution is 0.282. The van der Waals surface area contributed by atoms with Gasteiger partial charge in [-0.1, -0.05) is 24.3 Å². The number of hydrogen-bond acceptors (Lipinski definition) is 3. The molecule has 0 amide bonds. The minimum Gasteiger partial charge on any atom is -0.392 e. The maximum Gasteiger partial charge on any atom is 0.0681 e. The molecule has 0 bridgehead atoms. The summed E-state index contributed by atoms with van der Waals surface area (Å²) in [7, 11) is 0. The quantitative estimate of drug-likeness (QED) is 0.658. The summed E-state index contributed by atoms with van der Waals surface area (Å²) in [5, 5.41) is 15.7. The Bertz CT molecular complexity index is 314. The van der Waals surface area contributed by atoms with E-state index in [0.717, 1.165) is 25.2 Å². The summed E-state index contributed by atoms with van der Waals surface area (Å²) >= 11 is 0. The molecule has 0 radical (unpaired) electrons. The van der Waals surface area contributed by atoms with Gasteiger partial charge < -0.3 is 15.7 Å². The Hall–Kier alpha value is -0.900. The molecule has 1 aromatic carbocycles. The summed E-state index contributed by atoms with van der Waals surface area (Å²) in [5.41, 5.74) is 2.39. The van der Waals surface area contributed by atoms with Gasteiger partial charge in [0, 0.05) is 25.2 Å². The maximum absolute atomic E-state index is 8.93. The van der Waals surface area contributed by atoms with Gasteiger partial charge in [0.05, 0.1) is 6.61 Å². The van der Waals surface area contributed by atoms with Crippen molar-refractivity contribution in [2.45, 2.75) is 39.5 Å². The third-order valence-corrected chi connectivity index (χ3v) is 2.49. The average molecular weight is 236 g/mol. The first-order chi connectivity index (χ1) is 8.01. The van der Waals surface area contributed by atoms with E-state index in [-0.39, 0.29) is 12.1 Å². The van der Waals surface area contributed by atoms with Crippen LogP contribution in [-0.4, -0.2) is 23.7 Å². The van der Waals surface area contributed by atoms with E-state index >= 15 is 0 Å². The molecular weight excluding hydrogens is 212 g/mol. The van der Waals surface area contributed by atoms with Gasteiger partial charge in [0.2, 0.25) is 0 Å². The zero-order valence-corrected chi connectivity index (χ0v) is 11.1. The molecule has 3 nitrogen and oxygen atoms in total. The summed E-state index contributed by atoms with van der Waals surface area (Å²) in [5.74, 6) is 0. The summed E-state index contributed by atoms with van der Waals surface area (Å²) in [6.07, 6.45) is 0. The van der Waals surface area contributed by atoms with Gasteiger partial charge in [-0.05, 0) is 31.9 Å². The van der Waals surface area contributed by atoms with Crippen molar-refractivity contribution >= 4 is 0 Å². The fourth-order valence-corrected chi connectivity index (χ4v) is 1.52. The lowest BCUT2D eigenvalue weighted by Gasteiger charge is -2.20. The zero-order valence-electron chi connectivity index (χ0n) is 11.1. The normalized spacial score (nSPS) is 11.8. The molecule has 0 unspecified atom stereocenters. The fourth-order valence-electron chi connectivity index (χ4n) is 1.52. The summed E-state index contributed by atoms with van der Waals surface area (Å²) < 4.78 is 0. The van der Waals surface area contributed by atoms with Crippen molar-refractivity contribution in [3.05, 3.63) is 35.4 Å². The second-order valence-corrected chi connectivity index (χ2v) is 5.33. The molecule has 1 aromatic rings. The maximum atomic E-state index is 8.93. The van der Waals surface area contributed by atoms with Crippen LogP contribution in [0.25, 0.3) is 0 Å². The van der Waals surface area contributed by atoms with E-state index in [1.165, 1.54) is 5.56 Å². The third kappa shape index (κ3) is 6.41. The molecule has 0 saturated heterocycles. The average Bonchev–Trinajstić information content (AvgIpc) is 2.28. The Labute approximate surface area is 104 Å². The molecule has 0 aliphatic heterocycles. The molecule has 96 valence electrons. The number of benzene rings is 1. The van der Waals surface area contributed by atoms with Gasteiger partial charge in [0.15, 0.2) is 0 Å². The van der Waals surface area contributed by atoms with Gasteiger partial charge in [0.25, 0.3) is 0 Å². The Morgan fingerprint density at radius 2 is 1.59 bits per heavy atom. The van der Waals surface area contributed by atoms with Crippen LogP contribution in [0.5, 0.6) is 0 Å². The van der Waals surface area contributed by atoms with Crippen LogP contribution in [0.3, 0.4) is 0 Å².